The average Bonchev–Trinajstić information content (AvgIpc) is 2.74. The smallest absolute Gasteiger partial charge is 0.105 e. The zero-order valence-corrected chi connectivity index (χ0v) is 9.60. The zero-order valence-electron chi connectivity index (χ0n) is 9.60. The van der Waals surface area contributed by atoms with Gasteiger partial charge in [0.2, 0.25) is 0 Å². The molecule has 0 bridgehead atoms. The van der Waals surface area contributed by atoms with Gasteiger partial charge in [-0.2, -0.15) is 0 Å². The van der Waals surface area contributed by atoms with E-state index in [0.29, 0.717) is 6.04 Å². The van der Waals surface area contributed by atoms with Crippen molar-refractivity contribution in [2.24, 2.45) is 0 Å². The highest BCUT2D eigenvalue weighted by atomic mass is 16.3. The van der Waals surface area contributed by atoms with Crippen molar-refractivity contribution in [1.82, 2.24) is 4.98 Å². The topological polar surface area (TPSA) is 38.1 Å². The lowest BCUT2D eigenvalue weighted by molar-refractivity contribution is 0.497. The standard InChI is InChI=1S/C13H16N2O/c1-10-9-14-6-5-13(10)15-11(2)8-12-4-3-7-16-12/h3-7,9,11H,8H2,1-2H3,(H,14,15). The lowest BCUT2D eigenvalue weighted by atomic mass is 10.1. The van der Waals surface area contributed by atoms with Gasteiger partial charge in [0.15, 0.2) is 0 Å². The molecule has 0 amide bonds. The Hall–Kier alpha value is -1.77. The number of aryl methyl sites for hydroxylation is 1. The van der Waals surface area contributed by atoms with E-state index in [-0.39, 0.29) is 0 Å². The molecule has 1 unspecified atom stereocenters. The van der Waals surface area contributed by atoms with Crippen LogP contribution in [0.3, 0.4) is 0 Å². The van der Waals surface area contributed by atoms with E-state index in [1.54, 1.807) is 12.5 Å². The molecule has 0 aromatic carbocycles. The summed E-state index contributed by atoms with van der Waals surface area (Å²) in [6, 6.07) is 6.25. The van der Waals surface area contributed by atoms with Crippen LogP contribution in [0.4, 0.5) is 5.69 Å². The zero-order chi connectivity index (χ0) is 11.4. The van der Waals surface area contributed by atoms with Gasteiger partial charge in [0, 0.05) is 30.5 Å². The fraction of sp³-hybridized carbons (Fsp3) is 0.308. The molecule has 2 aromatic rings. The molecule has 0 spiro atoms. The number of rotatable bonds is 4. The van der Waals surface area contributed by atoms with Gasteiger partial charge in [0.25, 0.3) is 0 Å². The molecule has 1 atom stereocenters. The van der Waals surface area contributed by atoms with Gasteiger partial charge in [0.1, 0.15) is 5.76 Å². The number of pyridine rings is 1. The summed E-state index contributed by atoms with van der Waals surface area (Å²) in [5.74, 6) is 1.01. The maximum atomic E-state index is 5.32. The van der Waals surface area contributed by atoms with Crippen LogP contribution in [0.15, 0.2) is 41.3 Å². The second kappa shape index (κ2) is 4.84. The van der Waals surface area contributed by atoms with E-state index >= 15 is 0 Å². The van der Waals surface area contributed by atoms with E-state index < -0.39 is 0 Å². The van der Waals surface area contributed by atoms with E-state index in [1.165, 1.54) is 0 Å². The summed E-state index contributed by atoms with van der Waals surface area (Å²) in [7, 11) is 0. The van der Waals surface area contributed by atoms with Crippen LogP contribution < -0.4 is 5.32 Å². The third kappa shape index (κ3) is 2.63. The Balaban J connectivity index is 1.97. The summed E-state index contributed by atoms with van der Waals surface area (Å²) in [5.41, 5.74) is 2.29. The summed E-state index contributed by atoms with van der Waals surface area (Å²) in [6.45, 7) is 4.19. The largest absolute Gasteiger partial charge is 0.469 e. The molecule has 1 N–H and O–H groups in total. The van der Waals surface area contributed by atoms with Crippen molar-refractivity contribution in [3.63, 3.8) is 0 Å². The van der Waals surface area contributed by atoms with Gasteiger partial charge < -0.3 is 9.73 Å². The molecule has 84 valence electrons. The Morgan fingerprint density at radius 3 is 3.00 bits per heavy atom. The predicted molar refractivity (Wildman–Crippen MR) is 64.5 cm³/mol. The lowest BCUT2D eigenvalue weighted by Crippen LogP contribution is -2.18. The normalized spacial score (nSPS) is 12.4. The molecule has 3 nitrogen and oxygen atoms in total. The third-order valence-electron chi connectivity index (χ3n) is 2.51. The van der Waals surface area contributed by atoms with Gasteiger partial charge in [-0.15, -0.1) is 0 Å². The summed E-state index contributed by atoms with van der Waals surface area (Å²) >= 11 is 0. The van der Waals surface area contributed by atoms with Crippen molar-refractivity contribution in [3.8, 4) is 0 Å². The Labute approximate surface area is 95.5 Å². The highest BCUT2D eigenvalue weighted by Gasteiger charge is 2.06. The Morgan fingerprint density at radius 2 is 2.31 bits per heavy atom. The molecular formula is C13H16N2O. The summed E-state index contributed by atoms with van der Waals surface area (Å²) in [4.78, 5) is 4.07. The van der Waals surface area contributed by atoms with Crippen molar-refractivity contribution < 1.29 is 4.42 Å². The molecule has 0 fully saturated rings. The van der Waals surface area contributed by atoms with Crippen LogP contribution >= 0.6 is 0 Å². The Morgan fingerprint density at radius 1 is 1.44 bits per heavy atom. The van der Waals surface area contributed by atoms with Gasteiger partial charge in [-0.3, -0.25) is 4.98 Å². The third-order valence-corrected chi connectivity index (χ3v) is 2.51. The SMILES string of the molecule is Cc1cnccc1NC(C)Cc1ccco1. The van der Waals surface area contributed by atoms with Crippen LogP contribution in [0.2, 0.25) is 0 Å². The molecular weight excluding hydrogens is 200 g/mol. The van der Waals surface area contributed by atoms with Crippen molar-refractivity contribution in [3.05, 3.63) is 48.2 Å². The average molecular weight is 216 g/mol. The molecule has 0 aliphatic rings. The van der Waals surface area contributed by atoms with Crippen LogP contribution in [0.25, 0.3) is 0 Å². The first kappa shape index (κ1) is 10.7. The molecule has 2 aromatic heterocycles. The number of anilines is 1. The Kier molecular flexibility index (Phi) is 3.25. The van der Waals surface area contributed by atoms with Gasteiger partial charge >= 0.3 is 0 Å². The van der Waals surface area contributed by atoms with Crippen LogP contribution in [0.1, 0.15) is 18.2 Å². The van der Waals surface area contributed by atoms with E-state index in [1.807, 2.05) is 24.4 Å². The maximum Gasteiger partial charge on any atom is 0.105 e. The monoisotopic (exact) mass is 216 g/mol. The molecule has 0 radical (unpaired) electrons. The second-order valence-electron chi connectivity index (χ2n) is 4.02. The van der Waals surface area contributed by atoms with Gasteiger partial charge in [-0.25, -0.2) is 0 Å². The minimum Gasteiger partial charge on any atom is -0.469 e. The second-order valence-corrected chi connectivity index (χ2v) is 4.02. The molecule has 0 aliphatic heterocycles. The lowest BCUT2D eigenvalue weighted by Gasteiger charge is -2.15. The predicted octanol–water partition coefficient (Wildman–Crippen LogP) is 3.03. The highest BCUT2D eigenvalue weighted by Crippen LogP contribution is 2.14. The Bertz CT molecular complexity index is 437. The highest BCUT2D eigenvalue weighted by molar-refractivity contribution is 5.49. The molecule has 3 heteroatoms. The molecule has 0 saturated heterocycles. The summed E-state index contributed by atoms with van der Waals surface area (Å²) < 4.78 is 5.32. The number of nitrogens with zero attached hydrogens (tertiary/aromatic N) is 1. The van der Waals surface area contributed by atoms with E-state index in [0.717, 1.165) is 23.4 Å². The number of furan rings is 1. The van der Waals surface area contributed by atoms with Crippen LogP contribution in [-0.2, 0) is 6.42 Å². The molecule has 0 aliphatic carbocycles. The van der Waals surface area contributed by atoms with Gasteiger partial charge in [-0.1, -0.05) is 0 Å². The van der Waals surface area contributed by atoms with Crippen molar-refractivity contribution in [2.75, 3.05) is 5.32 Å². The minimum atomic E-state index is 0.340. The molecule has 2 rings (SSSR count). The summed E-state index contributed by atoms with van der Waals surface area (Å²) in [6.07, 6.45) is 6.26. The minimum absolute atomic E-state index is 0.340. The van der Waals surface area contributed by atoms with Crippen LogP contribution in [-0.4, -0.2) is 11.0 Å². The molecule has 0 saturated carbocycles. The quantitative estimate of drug-likeness (QED) is 0.853. The fourth-order valence-corrected chi connectivity index (χ4v) is 1.68. The van der Waals surface area contributed by atoms with Crippen molar-refractivity contribution in [1.29, 1.82) is 0 Å². The van der Waals surface area contributed by atoms with Gasteiger partial charge in [0.05, 0.1) is 6.26 Å². The number of hydrogen-bond donors (Lipinski definition) is 1. The maximum absolute atomic E-state index is 5.32. The van der Waals surface area contributed by atoms with E-state index in [9.17, 15) is 0 Å². The van der Waals surface area contributed by atoms with Gasteiger partial charge in [-0.05, 0) is 37.6 Å². The van der Waals surface area contributed by atoms with E-state index in [4.69, 9.17) is 4.42 Å². The fourth-order valence-electron chi connectivity index (χ4n) is 1.68. The molecule has 2 heterocycles. The number of aromatic nitrogens is 1. The number of hydrogen-bond acceptors (Lipinski definition) is 3. The first-order valence-corrected chi connectivity index (χ1v) is 5.45. The number of nitrogens with one attached hydrogen (secondary N) is 1. The first-order chi connectivity index (χ1) is 7.75. The first-order valence-electron chi connectivity index (χ1n) is 5.45. The van der Waals surface area contributed by atoms with Crippen molar-refractivity contribution in [2.45, 2.75) is 26.3 Å². The van der Waals surface area contributed by atoms with Crippen LogP contribution in [0.5, 0.6) is 0 Å². The van der Waals surface area contributed by atoms with Crippen molar-refractivity contribution >= 4 is 5.69 Å². The van der Waals surface area contributed by atoms with Crippen LogP contribution in [0, 0.1) is 6.92 Å². The molecule has 16 heavy (non-hydrogen) atoms. The van der Waals surface area contributed by atoms with E-state index in [2.05, 4.69) is 24.1 Å². The summed E-state index contributed by atoms with van der Waals surface area (Å²) in [5, 5.41) is 3.45.